The zero-order valence-corrected chi connectivity index (χ0v) is 16.8. The molecule has 1 saturated heterocycles. The summed E-state index contributed by atoms with van der Waals surface area (Å²) in [5.41, 5.74) is 0.652. The van der Waals surface area contributed by atoms with Gasteiger partial charge >= 0.3 is 5.69 Å². The van der Waals surface area contributed by atoms with Gasteiger partial charge < -0.3 is 19.5 Å². The predicted octanol–water partition coefficient (Wildman–Crippen LogP) is 1.44. The molecule has 1 fully saturated rings. The molecule has 30 heavy (non-hydrogen) atoms. The lowest BCUT2D eigenvalue weighted by Crippen LogP contribution is -2.49. The van der Waals surface area contributed by atoms with Crippen LogP contribution >= 0.6 is 0 Å². The van der Waals surface area contributed by atoms with Gasteiger partial charge in [-0.25, -0.2) is 4.79 Å². The first kappa shape index (κ1) is 19.8. The molecular weight excluding hydrogens is 384 g/mol. The van der Waals surface area contributed by atoms with Crippen LogP contribution in [-0.4, -0.2) is 53.6 Å². The van der Waals surface area contributed by atoms with E-state index in [4.69, 9.17) is 4.74 Å². The van der Waals surface area contributed by atoms with E-state index < -0.39 is 5.69 Å². The molecular formula is C22H24N4O4. The summed E-state index contributed by atoms with van der Waals surface area (Å²) >= 11 is 0. The van der Waals surface area contributed by atoms with E-state index in [-0.39, 0.29) is 24.4 Å². The zero-order chi connectivity index (χ0) is 21.1. The summed E-state index contributed by atoms with van der Waals surface area (Å²) in [5, 5.41) is 0.440. The molecule has 1 aliphatic heterocycles. The summed E-state index contributed by atoms with van der Waals surface area (Å²) in [7, 11) is 1.65. The molecule has 2 heterocycles. The van der Waals surface area contributed by atoms with Crippen LogP contribution in [0.5, 0.6) is 5.75 Å². The zero-order valence-electron chi connectivity index (χ0n) is 16.8. The fraction of sp³-hybridized carbons (Fsp3) is 0.318. The summed E-state index contributed by atoms with van der Waals surface area (Å²) in [6.07, 6.45) is 0.107. The largest absolute Gasteiger partial charge is 0.495 e. The highest BCUT2D eigenvalue weighted by Crippen LogP contribution is 2.28. The Bertz CT molecular complexity index is 1180. The normalized spacial score (nSPS) is 14.2. The maximum atomic E-state index is 12.7. The van der Waals surface area contributed by atoms with Gasteiger partial charge in [0.15, 0.2) is 0 Å². The molecule has 0 unspecified atom stereocenters. The topological polar surface area (TPSA) is 87.6 Å². The van der Waals surface area contributed by atoms with Crippen molar-refractivity contribution in [1.29, 1.82) is 0 Å². The number of carbonyl (C=O) groups is 1. The minimum absolute atomic E-state index is 0.0601. The van der Waals surface area contributed by atoms with E-state index in [1.165, 1.54) is 0 Å². The third-order valence-electron chi connectivity index (χ3n) is 5.50. The number of carbonyl (C=O) groups excluding carboxylic acids is 1. The maximum Gasteiger partial charge on any atom is 0.328 e. The molecule has 1 N–H and O–H groups in total. The Labute approximate surface area is 173 Å². The van der Waals surface area contributed by atoms with Crippen LogP contribution in [0.15, 0.2) is 58.1 Å². The summed E-state index contributed by atoms with van der Waals surface area (Å²) in [6.45, 7) is 2.62. The molecule has 0 aliphatic carbocycles. The van der Waals surface area contributed by atoms with Crippen LogP contribution in [0, 0.1) is 0 Å². The van der Waals surface area contributed by atoms with Gasteiger partial charge in [-0.05, 0) is 24.3 Å². The highest BCUT2D eigenvalue weighted by Gasteiger charge is 2.23. The van der Waals surface area contributed by atoms with Crippen molar-refractivity contribution in [2.75, 3.05) is 38.2 Å². The van der Waals surface area contributed by atoms with Crippen molar-refractivity contribution in [1.82, 2.24) is 14.5 Å². The van der Waals surface area contributed by atoms with Crippen LogP contribution in [0.1, 0.15) is 6.42 Å². The number of anilines is 1. The third kappa shape index (κ3) is 3.80. The highest BCUT2D eigenvalue weighted by atomic mass is 16.5. The van der Waals surface area contributed by atoms with Crippen molar-refractivity contribution in [3.05, 3.63) is 69.4 Å². The number of rotatable bonds is 5. The number of nitrogens with one attached hydrogen (secondary N) is 1. The summed E-state index contributed by atoms with van der Waals surface area (Å²) in [6, 6.07) is 14.7. The van der Waals surface area contributed by atoms with E-state index in [2.05, 4.69) is 9.88 Å². The van der Waals surface area contributed by atoms with E-state index in [9.17, 15) is 14.4 Å². The Kier molecular flexibility index (Phi) is 5.56. The smallest absolute Gasteiger partial charge is 0.328 e. The van der Waals surface area contributed by atoms with Crippen LogP contribution in [0.25, 0.3) is 10.9 Å². The van der Waals surface area contributed by atoms with Gasteiger partial charge in [0.1, 0.15) is 5.75 Å². The number of H-pyrrole nitrogens is 1. The predicted molar refractivity (Wildman–Crippen MR) is 115 cm³/mol. The van der Waals surface area contributed by atoms with E-state index in [0.29, 0.717) is 37.1 Å². The second kappa shape index (κ2) is 8.44. The standard InChI is InChI=1S/C22H24N4O4/c1-30-19-9-5-4-8-18(19)24-12-14-25(15-13-24)20(27)10-11-26-21(28)16-6-2-3-7-17(16)23-22(26)29/h2-9H,10-15H2,1H3,(H,23,29). The second-order valence-corrected chi connectivity index (χ2v) is 7.22. The molecule has 3 aromatic rings. The Morgan fingerprint density at radius 1 is 1.00 bits per heavy atom. The average molecular weight is 408 g/mol. The Morgan fingerprint density at radius 2 is 1.70 bits per heavy atom. The lowest BCUT2D eigenvalue weighted by atomic mass is 10.2. The van der Waals surface area contributed by atoms with Crippen molar-refractivity contribution >= 4 is 22.5 Å². The number of hydrogen-bond acceptors (Lipinski definition) is 5. The molecule has 4 rings (SSSR count). The van der Waals surface area contributed by atoms with Crippen molar-refractivity contribution in [2.24, 2.45) is 0 Å². The SMILES string of the molecule is COc1ccccc1N1CCN(C(=O)CCn2c(=O)[nH]c3ccccc3c2=O)CC1. The van der Waals surface area contributed by atoms with Crippen molar-refractivity contribution in [3.63, 3.8) is 0 Å². The number of fused-ring (bicyclic) bond motifs is 1. The van der Waals surface area contributed by atoms with Crippen molar-refractivity contribution in [2.45, 2.75) is 13.0 Å². The molecule has 0 radical (unpaired) electrons. The van der Waals surface area contributed by atoms with Crippen LogP contribution in [0.2, 0.25) is 0 Å². The quantitative estimate of drug-likeness (QED) is 0.690. The lowest BCUT2D eigenvalue weighted by molar-refractivity contribution is -0.131. The number of nitrogens with zero attached hydrogens (tertiary/aromatic N) is 3. The fourth-order valence-corrected chi connectivity index (χ4v) is 3.86. The summed E-state index contributed by atoms with van der Waals surface area (Å²) in [4.78, 5) is 44.2. The van der Waals surface area contributed by atoms with Gasteiger partial charge in [0, 0.05) is 39.1 Å². The molecule has 1 aromatic heterocycles. The van der Waals surface area contributed by atoms with Crippen LogP contribution in [-0.2, 0) is 11.3 Å². The number of piperazine rings is 1. The highest BCUT2D eigenvalue weighted by molar-refractivity contribution is 5.78. The molecule has 1 amide bonds. The molecule has 0 saturated carbocycles. The lowest BCUT2D eigenvalue weighted by Gasteiger charge is -2.36. The number of methoxy groups -OCH3 is 1. The molecule has 1 aliphatic rings. The van der Waals surface area contributed by atoms with E-state index in [1.807, 2.05) is 24.3 Å². The van der Waals surface area contributed by atoms with Gasteiger partial charge in [0.05, 0.1) is 23.7 Å². The monoisotopic (exact) mass is 408 g/mol. The minimum atomic E-state index is -0.493. The Morgan fingerprint density at radius 3 is 2.47 bits per heavy atom. The van der Waals surface area contributed by atoms with Crippen molar-refractivity contribution in [3.8, 4) is 5.75 Å². The van der Waals surface area contributed by atoms with E-state index >= 15 is 0 Å². The second-order valence-electron chi connectivity index (χ2n) is 7.22. The number of hydrogen-bond donors (Lipinski definition) is 1. The third-order valence-corrected chi connectivity index (χ3v) is 5.50. The van der Waals surface area contributed by atoms with Gasteiger partial charge in [0.25, 0.3) is 5.56 Å². The maximum absolute atomic E-state index is 12.7. The number of amides is 1. The van der Waals surface area contributed by atoms with Gasteiger partial charge in [-0.3, -0.25) is 14.2 Å². The van der Waals surface area contributed by atoms with Crippen LogP contribution < -0.4 is 20.9 Å². The molecule has 0 spiro atoms. The van der Waals surface area contributed by atoms with Crippen LogP contribution in [0.4, 0.5) is 5.69 Å². The Hall–Kier alpha value is -3.55. The van der Waals surface area contributed by atoms with E-state index in [1.54, 1.807) is 36.3 Å². The van der Waals surface area contributed by atoms with E-state index in [0.717, 1.165) is 16.0 Å². The van der Waals surface area contributed by atoms with Gasteiger partial charge in [-0.1, -0.05) is 24.3 Å². The fourth-order valence-electron chi connectivity index (χ4n) is 3.86. The molecule has 2 aromatic carbocycles. The molecule has 8 heteroatoms. The average Bonchev–Trinajstić information content (AvgIpc) is 2.79. The van der Waals surface area contributed by atoms with Gasteiger partial charge in [-0.15, -0.1) is 0 Å². The van der Waals surface area contributed by atoms with Crippen LogP contribution in [0.3, 0.4) is 0 Å². The first-order chi connectivity index (χ1) is 14.6. The number of ether oxygens (including phenoxy) is 1. The Balaban J connectivity index is 1.40. The molecule has 8 nitrogen and oxygen atoms in total. The first-order valence-electron chi connectivity index (χ1n) is 9.96. The van der Waals surface area contributed by atoms with Gasteiger partial charge in [-0.2, -0.15) is 0 Å². The first-order valence-corrected chi connectivity index (χ1v) is 9.96. The number of aromatic nitrogens is 2. The number of benzene rings is 2. The minimum Gasteiger partial charge on any atom is -0.495 e. The molecule has 156 valence electrons. The van der Waals surface area contributed by atoms with Crippen molar-refractivity contribution < 1.29 is 9.53 Å². The molecule has 0 atom stereocenters. The summed E-state index contributed by atoms with van der Waals surface area (Å²) < 4.78 is 6.53. The summed E-state index contributed by atoms with van der Waals surface area (Å²) in [5.74, 6) is 0.751. The van der Waals surface area contributed by atoms with Gasteiger partial charge in [0.2, 0.25) is 5.91 Å². The number of para-hydroxylation sites is 3. The number of aromatic amines is 1. The molecule has 0 bridgehead atoms.